The monoisotopic (exact) mass is 680 g/mol. The minimum atomic E-state index is -1.91. The summed E-state index contributed by atoms with van der Waals surface area (Å²) in [6, 6.07) is 6.30. The van der Waals surface area contributed by atoms with Crippen LogP contribution in [0.4, 0.5) is 0 Å². The van der Waals surface area contributed by atoms with Crippen LogP contribution in [0.15, 0.2) is 39.5 Å². The van der Waals surface area contributed by atoms with Crippen molar-refractivity contribution in [3.8, 4) is 34.3 Å². The SMILES string of the molecule is C[C@@H]1O[C@@H](Oc2c(-c3ccc(O)cc3)oc3c(CCC(C)(C)O)c(O)cc(O)c3c2=O)[C@H](O[C@@H]2O[C@H](CO)[C@@H](O)[C@H](O)[C@H]2O)[C@H](O)[C@H]1O. The van der Waals surface area contributed by atoms with Crippen LogP contribution in [0, 0.1) is 0 Å². The van der Waals surface area contributed by atoms with Gasteiger partial charge in [0, 0.05) is 17.2 Å². The highest BCUT2D eigenvalue weighted by atomic mass is 16.8. The molecule has 0 amide bonds. The van der Waals surface area contributed by atoms with Crippen LogP contribution in [-0.2, 0) is 20.6 Å². The first kappa shape index (κ1) is 35.7. The summed E-state index contributed by atoms with van der Waals surface area (Å²) in [5.41, 5.74) is -2.09. The first-order valence-electron chi connectivity index (χ1n) is 15.2. The van der Waals surface area contributed by atoms with E-state index >= 15 is 0 Å². The Labute approximate surface area is 273 Å². The first-order chi connectivity index (χ1) is 22.5. The van der Waals surface area contributed by atoms with Crippen LogP contribution in [0.3, 0.4) is 0 Å². The van der Waals surface area contributed by atoms with Gasteiger partial charge in [0.05, 0.1) is 18.3 Å². The maximum absolute atomic E-state index is 14.2. The lowest BCUT2D eigenvalue weighted by Crippen LogP contribution is -2.64. The Morgan fingerprint density at radius 3 is 2.15 bits per heavy atom. The van der Waals surface area contributed by atoms with Crippen molar-refractivity contribution in [3.63, 3.8) is 0 Å². The maximum atomic E-state index is 14.2. The summed E-state index contributed by atoms with van der Waals surface area (Å²) in [4.78, 5) is 14.2. The van der Waals surface area contributed by atoms with Crippen molar-refractivity contribution >= 4 is 11.0 Å². The Morgan fingerprint density at radius 2 is 1.52 bits per heavy atom. The molecule has 2 fully saturated rings. The average molecular weight is 681 g/mol. The summed E-state index contributed by atoms with van der Waals surface area (Å²) in [6.07, 6.45) is -16.5. The fraction of sp³-hybridized carbons (Fsp3) is 0.531. The van der Waals surface area contributed by atoms with Crippen LogP contribution in [0.1, 0.15) is 32.8 Å². The number of benzene rings is 2. The van der Waals surface area contributed by atoms with E-state index in [9.17, 15) is 55.9 Å². The second-order valence-corrected chi connectivity index (χ2v) is 12.7. The lowest BCUT2D eigenvalue weighted by atomic mass is 9.96. The van der Waals surface area contributed by atoms with Crippen molar-refractivity contribution in [1.82, 2.24) is 0 Å². The molecule has 3 aromatic rings. The van der Waals surface area contributed by atoms with Crippen molar-refractivity contribution in [2.75, 3.05) is 6.61 Å². The smallest absolute Gasteiger partial charge is 0.239 e. The third-order valence-electron chi connectivity index (χ3n) is 8.46. The highest BCUT2D eigenvalue weighted by Crippen LogP contribution is 2.41. The van der Waals surface area contributed by atoms with E-state index in [-0.39, 0.29) is 41.1 Å². The molecule has 10 atom stereocenters. The molecule has 0 saturated carbocycles. The minimum Gasteiger partial charge on any atom is -0.508 e. The van der Waals surface area contributed by atoms with Gasteiger partial charge in [0.25, 0.3) is 0 Å². The average Bonchev–Trinajstić information content (AvgIpc) is 3.02. The van der Waals surface area contributed by atoms with Crippen LogP contribution in [0.5, 0.6) is 23.0 Å². The van der Waals surface area contributed by atoms with E-state index in [1.165, 1.54) is 31.2 Å². The fourth-order valence-corrected chi connectivity index (χ4v) is 5.64. The van der Waals surface area contributed by atoms with Gasteiger partial charge in [0.1, 0.15) is 64.8 Å². The molecule has 0 aliphatic carbocycles. The minimum absolute atomic E-state index is 0.0205. The topological polar surface area (TPSA) is 269 Å². The van der Waals surface area contributed by atoms with E-state index in [1.807, 2.05) is 0 Å². The van der Waals surface area contributed by atoms with E-state index in [4.69, 9.17) is 23.4 Å². The standard InChI is InChI=1S/C32H40O16/c1-12-20(37)24(41)29(48-30-25(42)23(40)21(38)18(11-33)45-30)31(44-12)47-28-22(39)19-17(36)10-16(35)15(8-9-32(2,3)43)27(19)46-26(28)13-4-6-14(34)7-5-13/h4-7,10,12,18,20-21,23-25,29-31,33-38,40-43H,8-9,11H2,1-3H3/t12-,18+,20-,21+,23-,24+,25+,29+,30-,31-/m0/s1. The molecule has 0 spiro atoms. The van der Waals surface area contributed by atoms with Gasteiger partial charge in [0.15, 0.2) is 18.2 Å². The number of fused-ring (bicyclic) bond motifs is 1. The van der Waals surface area contributed by atoms with Gasteiger partial charge in [-0.1, -0.05) is 0 Å². The van der Waals surface area contributed by atoms with E-state index in [1.54, 1.807) is 13.8 Å². The molecule has 48 heavy (non-hydrogen) atoms. The van der Waals surface area contributed by atoms with Crippen LogP contribution in [0.2, 0.25) is 0 Å². The summed E-state index contributed by atoms with van der Waals surface area (Å²) in [6.45, 7) is 3.71. The lowest BCUT2D eigenvalue weighted by Gasteiger charge is -2.45. The van der Waals surface area contributed by atoms with Crippen molar-refractivity contribution in [2.24, 2.45) is 0 Å². The van der Waals surface area contributed by atoms with Crippen LogP contribution >= 0.6 is 0 Å². The summed E-state index contributed by atoms with van der Waals surface area (Å²) in [5, 5.41) is 104. The van der Waals surface area contributed by atoms with Gasteiger partial charge < -0.3 is 74.4 Å². The third kappa shape index (κ3) is 6.95. The van der Waals surface area contributed by atoms with Crippen LogP contribution < -0.4 is 10.2 Å². The van der Waals surface area contributed by atoms with Crippen molar-refractivity contribution in [3.05, 3.63) is 46.1 Å². The van der Waals surface area contributed by atoms with Gasteiger partial charge >= 0.3 is 0 Å². The molecule has 0 radical (unpaired) electrons. The van der Waals surface area contributed by atoms with E-state index in [2.05, 4.69) is 0 Å². The predicted octanol–water partition coefficient (Wildman–Crippen LogP) is -0.689. The highest BCUT2D eigenvalue weighted by Gasteiger charge is 2.51. The number of phenols is 3. The number of rotatable bonds is 9. The fourth-order valence-electron chi connectivity index (χ4n) is 5.64. The Kier molecular flexibility index (Phi) is 10.2. The van der Waals surface area contributed by atoms with E-state index in [0.29, 0.717) is 0 Å². The van der Waals surface area contributed by atoms with Crippen molar-refractivity contribution in [1.29, 1.82) is 0 Å². The predicted molar refractivity (Wildman–Crippen MR) is 163 cm³/mol. The zero-order valence-corrected chi connectivity index (χ0v) is 26.2. The number of aliphatic hydroxyl groups is 7. The molecule has 16 nitrogen and oxygen atoms in total. The normalized spacial score (nSPS) is 31.2. The summed E-state index contributed by atoms with van der Waals surface area (Å²) in [7, 11) is 0. The number of aromatic hydroxyl groups is 3. The zero-order chi connectivity index (χ0) is 35.2. The number of ether oxygens (including phenoxy) is 4. The molecule has 2 saturated heterocycles. The summed E-state index contributed by atoms with van der Waals surface area (Å²) < 4.78 is 29.1. The van der Waals surface area contributed by atoms with Gasteiger partial charge in [0.2, 0.25) is 17.5 Å². The Hall–Kier alpha value is -3.55. The van der Waals surface area contributed by atoms with Gasteiger partial charge in [-0.3, -0.25) is 4.79 Å². The quantitative estimate of drug-likeness (QED) is 0.134. The van der Waals surface area contributed by atoms with Crippen LogP contribution in [0.25, 0.3) is 22.3 Å². The number of aliphatic hydroxyl groups excluding tert-OH is 6. The lowest BCUT2D eigenvalue weighted by molar-refractivity contribution is -0.355. The molecule has 1 aromatic heterocycles. The van der Waals surface area contributed by atoms with Crippen molar-refractivity contribution in [2.45, 2.75) is 101 Å². The molecule has 5 rings (SSSR count). The number of hydrogen-bond donors (Lipinski definition) is 10. The molecule has 2 aromatic carbocycles. The molecule has 0 bridgehead atoms. The highest BCUT2D eigenvalue weighted by molar-refractivity contribution is 5.91. The molecule has 264 valence electrons. The molecular weight excluding hydrogens is 640 g/mol. The molecule has 3 heterocycles. The number of aryl methyl sites for hydroxylation is 1. The molecule has 16 heteroatoms. The maximum Gasteiger partial charge on any atom is 0.239 e. The Bertz CT molecular complexity index is 1650. The second-order valence-electron chi connectivity index (χ2n) is 12.7. The van der Waals surface area contributed by atoms with Gasteiger partial charge in [-0.2, -0.15) is 0 Å². The van der Waals surface area contributed by atoms with E-state index in [0.717, 1.165) is 6.07 Å². The summed E-state index contributed by atoms with van der Waals surface area (Å²) >= 11 is 0. The third-order valence-corrected chi connectivity index (χ3v) is 8.46. The number of phenolic OH excluding ortho intramolecular Hbond substituents is 3. The molecule has 2 aliphatic rings. The Morgan fingerprint density at radius 1 is 0.854 bits per heavy atom. The van der Waals surface area contributed by atoms with E-state index < -0.39 is 102 Å². The molecule has 0 unspecified atom stereocenters. The molecular formula is C32H40O16. The number of hydrogen-bond acceptors (Lipinski definition) is 16. The molecule has 2 aliphatic heterocycles. The van der Waals surface area contributed by atoms with Crippen molar-refractivity contribution < 1.29 is 74.4 Å². The van der Waals surface area contributed by atoms with Gasteiger partial charge in [-0.15, -0.1) is 0 Å². The van der Waals surface area contributed by atoms with Gasteiger partial charge in [-0.25, -0.2) is 0 Å². The largest absolute Gasteiger partial charge is 0.508 e. The zero-order valence-electron chi connectivity index (χ0n) is 26.2. The van der Waals surface area contributed by atoms with Crippen LogP contribution in [-0.4, -0.2) is 125 Å². The van der Waals surface area contributed by atoms with Gasteiger partial charge in [-0.05, 0) is 57.9 Å². The first-order valence-corrected chi connectivity index (χ1v) is 15.2. The summed E-state index contributed by atoms with van der Waals surface area (Å²) in [5.74, 6) is -2.07. The second kappa shape index (κ2) is 13.8. The Balaban J connectivity index is 1.63. The molecule has 10 N–H and O–H groups in total.